The number of aliphatic hydroxyl groups is 1. The van der Waals surface area contributed by atoms with E-state index in [0.29, 0.717) is 36.1 Å². The van der Waals surface area contributed by atoms with Crippen LogP contribution < -0.4 is 0 Å². The van der Waals surface area contributed by atoms with Crippen molar-refractivity contribution in [3.05, 3.63) is 46.0 Å². The van der Waals surface area contributed by atoms with Gasteiger partial charge in [0.05, 0.1) is 23.9 Å². The Kier molecular flexibility index (Phi) is 5.74. The van der Waals surface area contributed by atoms with Crippen molar-refractivity contribution in [2.45, 2.75) is 33.3 Å². The number of hydrogen-bond donors (Lipinski definition) is 2. The van der Waals surface area contributed by atoms with Crippen molar-refractivity contribution in [3.8, 4) is 11.3 Å². The summed E-state index contributed by atoms with van der Waals surface area (Å²) in [6, 6.07) is 10.0. The van der Waals surface area contributed by atoms with Crippen LogP contribution in [0.4, 0.5) is 0 Å². The van der Waals surface area contributed by atoms with Crippen LogP contribution in [0, 0.1) is 12.3 Å². The van der Waals surface area contributed by atoms with E-state index in [1.807, 2.05) is 56.0 Å². The number of aryl methyl sites for hydroxylation is 1. The van der Waals surface area contributed by atoms with Gasteiger partial charge in [-0.1, -0.05) is 30.3 Å². The summed E-state index contributed by atoms with van der Waals surface area (Å²) in [5.74, 6) is 0.577. The van der Waals surface area contributed by atoms with Crippen molar-refractivity contribution >= 4 is 22.7 Å². The molecule has 0 aliphatic carbocycles. The van der Waals surface area contributed by atoms with Crippen molar-refractivity contribution in [2.24, 2.45) is 0 Å². The second-order valence-electron chi connectivity index (χ2n) is 6.65. The van der Waals surface area contributed by atoms with E-state index >= 15 is 0 Å². The molecule has 0 saturated carbocycles. The Morgan fingerprint density at radius 2 is 2.04 bits per heavy atom. The predicted octanol–water partition coefficient (Wildman–Crippen LogP) is 4.50. The van der Waals surface area contributed by atoms with Crippen LogP contribution in [-0.2, 0) is 4.74 Å². The summed E-state index contributed by atoms with van der Waals surface area (Å²) in [7, 11) is 0. The third-order valence-electron chi connectivity index (χ3n) is 4.26. The maximum atomic E-state index is 10.4. The van der Waals surface area contributed by atoms with E-state index in [1.54, 1.807) is 0 Å². The summed E-state index contributed by atoms with van der Waals surface area (Å²) in [6.07, 6.45) is 1.04. The van der Waals surface area contributed by atoms with Gasteiger partial charge in [-0.05, 0) is 27.2 Å². The monoisotopic (exact) mass is 371 g/mol. The zero-order valence-corrected chi connectivity index (χ0v) is 16.3. The second kappa shape index (κ2) is 8.01. The Bertz CT molecular complexity index is 812. The number of amidine groups is 1. The van der Waals surface area contributed by atoms with Crippen LogP contribution in [0.3, 0.4) is 0 Å². The molecular formula is C20H25N3O2S. The molecule has 0 radical (unpaired) electrons. The second-order valence-corrected chi connectivity index (χ2v) is 7.86. The molecule has 0 spiro atoms. The molecular weight excluding hydrogens is 346 g/mol. The van der Waals surface area contributed by atoms with E-state index in [-0.39, 0.29) is 11.9 Å². The molecule has 5 nitrogen and oxygen atoms in total. The van der Waals surface area contributed by atoms with Gasteiger partial charge < -0.3 is 14.7 Å². The van der Waals surface area contributed by atoms with Crippen LogP contribution in [0.1, 0.15) is 30.2 Å². The first kappa shape index (κ1) is 18.6. The summed E-state index contributed by atoms with van der Waals surface area (Å²) in [6.45, 7) is 7.77. The molecule has 1 aliphatic heterocycles. The summed E-state index contributed by atoms with van der Waals surface area (Å²) in [5.41, 5.74) is 2.53. The fourth-order valence-electron chi connectivity index (χ4n) is 2.99. The van der Waals surface area contributed by atoms with Gasteiger partial charge >= 0.3 is 0 Å². The molecule has 1 aliphatic rings. The third-order valence-corrected chi connectivity index (χ3v) is 5.25. The molecule has 6 heteroatoms. The van der Waals surface area contributed by atoms with Crippen LogP contribution in [0.2, 0.25) is 0 Å². The zero-order valence-electron chi connectivity index (χ0n) is 15.5. The Balaban J connectivity index is 1.73. The highest BCUT2D eigenvalue weighted by Gasteiger charge is 2.30. The van der Waals surface area contributed by atoms with E-state index in [4.69, 9.17) is 15.1 Å². The number of nitrogens with zero attached hydrogens (tertiary/aromatic N) is 2. The van der Waals surface area contributed by atoms with Crippen LogP contribution >= 0.6 is 11.3 Å². The Labute approximate surface area is 158 Å². The maximum absolute atomic E-state index is 10.4. The lowest BCUT2D eigenvalue weighted by Crippen LogP contribution is -2.28. The SMILES string of the molecule is Cc1sc(C2=C(O)CN(CCCOC(C)C)C2=N)nc1-c1ccccc1. The van der Waals surface area contributed by atoms with Gasteiger partial charge in [0.25, 0.3) is 0 Å². The van der Waals surface area contributed by atoms with Crippen molar-refractivity contribution in [1.29, 1.82) is 5.41 Å². The average molecular weight is 372 g/mol. The minimum absolute atomic E-state index is 0.213. The van der Waals surface area contributed by atoms with Crippen molar-refractivity contribution in [3.63, 3.8) is 0 Å². The fourth-order valence-corrected chi connectivity index (χ4v) is 3.99. The summed E-state index contributed by atoms with van der Waals surface area (Å²) >= 11 is 1.53. The molecule has 138 valence electrons. The number of hydrogen-bond acceptors (Lipinski definition) is 5. The van der Waals surface area contributed by atoms with Gasteiger partial charge in [0.2, 0.25) is 0 Å². The van der Waals surface area contributed by atoms with Gasteiger partial charge in [0.1, 0.15) is 16.6 Å². The largest absolute Gasteiger partial charge is 0.510 e. The first-order valence-electron chi connectivity index (χ1n) is 8.88. The molecule has 0 atom stereocenters. The molecule has 2 N–H and O–H groups in total. The molecule has 0 amide bonds. The number of ether oxygens (including phenoxy) is 1. The van der Waals surface area contributed by atoms with Gasteiger partial charge in [-0.15, -0.1) is 11.3 Å². The first-order chi connectivity index (χ1) is 12.5. The lowest BCUT2D eigenvalue weighted by Gasteiger charge is -2.18. The highest BCUT2D eigenvalue weighted by Crippen LogP contribution is 2.35. The van der Waals surface area contributed by atoms with Gasteiger partial charge in [-0.2, -0.15) is 0 Å². The van der Waals surface area contributed by atoms with E-state index in [0.717, 1.165) is 22.6 Å². The molecule has 2 aromatic rings. The highest BCUT2D eigenvalue weighted by molar-refractivity contribution is 7.13. The number of benzene rings is 1. The van der Waals surface area contributed by atoms with Crippen molar-refractivity contribution < 1.29 is 9.84 Å². The average Bonchev–Trinajstić information content (AvgIpc) is 3.12. The molecule has 26 heavy (non-hydrogen) atoms. The molecule has 1 aromatic heterocycles. The number of aromatic nitrogens is 1. The quantitative estimate of drug-likeness (QED) is 0.703. The van der Waals surface area contributed by atoms with Gasteiger partial charge in [0.15, 0.2) is 0 Å². The molecule has 1 aromatic carbocycles. The van der Waals surface area contributed by atoms with Crippen LogP contribution in [0.5, 0.6) is 0 Å². The van der Waals surface area contributed by atoms with Crippen LogP contribution in [0.25, 0.3) is 16.8 Å². The topological polar surface area (TPSA) is 69.4 Å². The summed E-state index contributed by atoms with van der Waals surface area (Å²) in [4.78, 5) is 7.69. The Morgan fingerprint density at radius 3 is 2.73 bits per heavy atom. The summed E-state index contributed by atoms with van der Waals surface area (Å²) in [5, 5.41) is 19.6. The first-order valence-corrected chi connectivity index (χ1v) is 9.69. The van der Waals surface area contributed by atoms with E-state index in [1.165, 1.54) is 11.3 Å². The van der Waals surface area contributed by atoms with Crippen LogP contribution in [0.15, 0.2) is 36.1 Å². The fraction of sp³-hybridized carbons (Fsp3) is 0.400. The number of rotatable bonds is 7. The van der Waals surface area contributed by atoms with Gasteiger partial charge in [-0.3, -0.25) is 5.41 Å². The third kappa shape index (κ3) is 3.97. The molecule has 0 fully saturated rings. The minimum atomic E-state index is 0.213. The lowest BCUT2D eigenvalue weighted by molar-refractivity contribution is 0.0742. The summed E-state index contributed by atoms with van der Waals surface area (Å²) < 4.78 is 5.56. The Hall–Kier alpha value is -2.18. The lowest BCUT2D eigenvalue weighted by atomic mass is 10.1. The minimum Gasteiger partial charge on any atom is -0.510 e. The van der Waals surface area contributed by atoms with E-state index in [2.05, 4.69) is 0 Å². The molecule has 0 bridgehead atoms. The van der Waals surface area contributed by atoms with E-state index < -0.39 is 0 Å². The standard InChI is InChI=1S/C20H25N3O2S/c1-13(2)25-11-7-10-23-12-16(24)17(19(23)21)20-22-18(14(3)26-20)15-8-5-4-6-9-15/h4-6,8-9,13,21,24H,7,10-12H2,1-3H3. The predicted molar refractivity (Wildman–Crippen MR) is 107 cm³/mol. The number of nitrogens with one attached hydrogen (secondary N) is 1. The normalized spacial score (nSPS) is 14.8. The smallest absolute Gasteiger partial charge is 0.135 e. The zero-order chi connectivity index (χ0) is 18.7. The molecule has 0 unspecified atom stereocenters. The maximum Gasteiger partial charge on any atom is 0.135 e. The van der Waals surface area contributed by atoms with Crippen molar-refractivity contribution in [2.75, 3.05) is 19.7 Å². The highest BCUT2D eigenvalue weighted by atomic mass is 32.1. The molecule has 2 heterocycles. The van der Waals surface area contributed by atoms with Gasteiger partial charge in [0, 0.05) is 23.6 Å². The Morgan fingerprint density at radius 1 is 1.31 bits per heavy atom. The van der Waals surface area contributed by atoms with Crippen molar-refractivity contribution in [1.82, 2.24) is 9.88 Å². The molecule has 0 saturated heterocycles. The van der Waals surface area contributed by atoms with Crippen LogP contribution in [-0.4, -0.2) is 46.6 Å². The number of thiazole rings is 1. The van der Waals surface area contributed by atoms with Gasteiger partial charge in [-0.25, -0.2) is 4.98 Å². The number of aliphatic hydroxyl groups excluding tert-OH is 1. The van der Waals surface area contributed by atoms with E-state index in [9.17, 15) is 5.11 Å². The molecule has 3 rings (SSSR count).